The highest BCUT2D eigenvalue weighted by atomic mass is 79.9. The van der Waals surface area contributed by atoms with Crippen molar-refractivity contribution in [1.29, 1.82) is 0 Å². The monoisotopic (exact) mass is 297 g/mol. The maximum Gasteiger partial charge on any atom is 0.133 e. The molecule has 0 aliphatic heterocycles. The largest absolute Gasteiger partial charge is 0.489 e. The van der Waals surface area contributed by atoms with Gasteiger partial charge in [0.2, 0.25) is 0 Å². The van der Waals surface area contributed by atoms with E-state index in [0.29, 0.717) is 12.1 Å². The Bertz CT molecular complexity index is 405. The van der Waals surface area contributed by atoms with E-state index in [2.05, 4.69) is 54.9 Å². The topological polar surface area (TPSA) is 35.2 Å². The standard InChI is InChI=1S/C14H20BrNO/c1-14(2,3)9-4-5-13(12(15)6-9)17-11-7-10(16)8-11/h4-6,10-11H,7-8,16H2,1-3H3. The van der Waals surface area contributed by atoms with Gasteiger partial charge in [-0.3, -0.25) is 0 Å². The summed E-state index contributed by atoms with van der Waals surface area (Å²) in [6.45, 7) is 6.63. The van der Waals surface area contributed by atoms with E-state index >= 15 is 0 Å². The molecule has 0 saturated heterocycles. The van der Waals surface area contributed by atoms with Gasteiger partial charge in [0.25, 0.3) is 0 Å². The van der Waals surface area contributed by atoms with E-state index in [9.17, 15) is 0 Å². The van der Waals surface area contributed by atoms with Gasteiger partial charge in [0.15, 0.2) is 0 Å². The zero-order valence-corrected chi connectivity index (χ0v) is 12.3. The molecule has 0 radical (unpaired) electrons. The van der Waals surface area contributed by atoms with Crippen LogP contribution in [-0.2, 0) is 5.41 Å². The zero-order chi connectivity index (χ0) is 12.6. The van der Waals surface area contributed by atoms with Crippen molar-refractivity contribution >= 4 is 15.9 Å². The Balaban J connectivity index is 2.09. The van der Waals surface area contributed by atoms with Crippen LogP contribution in [0.5, 0.6) is 5.75 Å². The van der Waals surface area contributed by atoms with Crippen LogP contribution in [0.3, 0.4) is 0 Å². The Morgan fingerprint density at radius 1 is 1.29 bits per heavy atom. The molecule has 2 nitrogen and oxygen atoms in total. The van der Waals surface area contributed by atoms with Crippen molar-refractivity contribution in [3.05, 3.63) is 28.2 Å². The minimum absolute atomic E-state index is 0.167. The number of hydrogen-bond acceptors (Lipinski definition) is 2. The van der Waals surface area contributed by atoms with Gasteiger partial charge in [-0.05, 0) is 51.9 Å². The first-order valence-electron chi connectivity index (χ1n) is 6.08. The van der Waals surface area contributed by atoms with Crippen LogP contribution >= 0.6 is 15.9 Å². The van der Waals surface area contributed by atoms with Crippen LogP contribution in [0.1, 0.15) is 39.2 Å². The van der Waals surface area contributed by atoms with Crippen LogP contribution < -0.4 is 10.5 Å². The number of hydrogen-bond donors (Lipinski definition) is 1. The van der Waals surface area contributed by atoms with Gasteiger partial charge < -0.3 is 10.5 Å². The third-order valence-corrected chi connectivity index (χ3v) is 3.84. The molecule has 0 bridgehead atoms. The minimum Gasteiger partial charge on any atom is -0.489 e. The van der Waals surface area contributed by atoms with Gasteiger partial charge >= 0.3 is 0 Å². The van der Waals surface area contributed by atoms with E-state index in [4.69, 9.17) is 10.5 Å². The molecular weight excluding hydrogens is 278 g/mol. The van der Waals surface area contributed by atoms with E-state index in [0.717, 1.165) is 23.1 Å². The Morgan fingerprint density at radius 2 is 1.94 bits per heavy atom. The number of benzene rings is 1. The van der Waals surface area contributed by atoms with E-state index in [1.54, 1.807) is 0 Å². The van der Waals surface area contributed by atoms with Crippen LogP contribution in [0.2, 0.25) is 0 Å². The first kappa shape index (κ1) is 12.9. The molecule has 0 atom stereocenters. The molecule has 17 heavy (non-hydrogen) atoms. The fourth-order valence-electron chi connectivity index (χ4n) is 1.95. The van der Waals surface area contributed by atoms with Crippen molar-refractivity contribution in [3.63, 3.8) is 0 Å². The van der Waals surface area contributed by atoms with Crippen molar-refractivity contribution in [1.82, 2.24) is 0 Å². The summed E-state index contributed by atoms with van der Waals surface area (Å²) in [5, 5.41) is 0. The number of halogens is 1. The Hall–Kier alpha value is -0.540. The third kappa shape index (κ3) is 3.02. The summed E-state index contributed by atoms with van der Waals surface area (Å²) in [7, 11) is 0. The van der Waals surface area contributed by atoms with Gasteiger partial charge in [0.05, 0.1) is 4.47 Å². The van der Waals surface area contributed by atoms with Crippen LogP contribution in [-0.4, -0.2) is 12.1 Å². The van der Waals surface area contributed by atoms with Gasteiger partial charge in [-0.15, -0.1) is 0 Å². The summed E-state index contributed by atoms with van der Waals surface area (Å²) in [5.41, 5.74) is 7.22. The first-order valence-corrected chi connectivity index (χ1v) is 6.88. The van der Waals surface area contributed by atoms with Crippen LogP contribution in [0.15, 0.2) is 22.7 Å². The molecule has 1 aromatic rings. The average molecular weight is 298 g/mol. The molecule has 0 spiro atoms. The van der Waals surface area contributed by atoms with Crippen molar-refractivity contribution in [2.75, 3.05) is 0 Å². The van der Waals surface area contributed by atoms with Gasteiger partial charge in [-0.25, -0.2) is 0 Å². The van der Waals surface area contributed by atoms with Crippen LogP contribution in [0.4, 0.5) is 0 Å². The summed E-state index contributed by atoms with van der Waals surface area (Å²) in [6, 6.07) is 6.66. The second kappa shape index (κ2) is 4.62. The molecule has 0 aromatic heterocycles. The summed E-state index contributed by atoms with van der Waals surface area (Å²) >= 11 is 3.58. The second-order valence-corrected chi connectivity index (χ2v) is 6.72. The highest BCUT2D eigenvalue weighted by molar-refractivity contribution is 9.10. The molecule has 0 unspecified atom stereocenters. The van der Waals surface area contributed by atoms with Crippen molar-refractivity contribution in [2.45, 2.75) is 51.2 Å². The molecule has 0 amide bonds. The van der Waals surface area contributed by atoms with Gasteiger partial charge in [0, 0.05) is 6.04 Å². The van der Waals surface area contributed by atoms with Crippen molar-refractivity contribution in [2.24, 2.45) is 5.73 Å². The minimum atomic E-state index is 0.167. The van der Waals surface area contributed by atoms with Crippen LogP contribution in [0, 0.1) is 0 Å². The molecule has 2 N–H and O–H groups in total. The predicted octanol–water partition coefficient (Wildman–Crippen LogP) is 3.62. The molecule has 94 valence electrons. The molecule has 1 aliphatic carbocycles. The number of rotatable bonds is 2. The Morgan fingerprint density at radius 3 is 2.41 bits per heavy atom. The lowest BCUT2D eigenvalue weighted by molar-refractivity contribution is 0.1000. The molecule has 1 saturated carbocycles. The fraction of sp³-hybridized carbons (Fsp3) is 0.571. The molecule has 2 rings (SSSR count). The highest BCUT2D eigenvalue weighted by Crippen LogP contribution is 2.34. The maximum atomic E-state index is 5.89. The second-order valence-electron chi connectivity index (χ2n) is 5.87. The molecule has 1 aliphatic rings. The average Bonchev–Trinajstić information content (AvgIpc) is 2.16. The van der Waals surface area contributed by atoms with Gasteiger partial charge in [-0.2, -0.15) is 0 Å². The molecule has 0 heterocycles. The van der Waals surface area contributed by atoms with Gasteiger partial charge in [-0.1, -0.05) is 26.8 Å². The highest BCUT2D eigenvalue weighted by Gasteiger charge is 2.28. The lowest BCUT2D eigenvalue weighted by Crippen LogP contribution is -2.43. The summed E-state index contributed by atoms with van der Waals surface area (Å²) in [5.74, 6) is 0.926. The smallest absolute Gasteiger partial charge is 0.133 e. The number of ether oxygens (including phenoxy) is 1. The SMILES string of the molecule is CC(C)(C)c1ccc(OC2CC(N)C2)c(Br)c1. The van der Waals surface area contributed by atoms with E-state index in [-0.39, 0.29) is 5.41 Å². The van der Waals surface area contributed by atoms with E-state index < -0.39 is 0 Å². The fourth-order valence-corrected chi connectivity index (χ4v) is 2.42. The Labute approximate surface area is 112 Å². The predicted molar refractivity (Wildman–Crippen MR) is 74.5 cm³/mol. The quantitative estimate of drug-likeness (QED) is 0.905. The third-order valence-electron chi connectivity index (χ3n) is 3.22. The summed E-state index contributed by atoms with van der Waals surface area (Å²) in [4.78, 5) is 0. The normalized spacial score (nSPS) is 24.3. The van der Waals surface area contributed by atoms with Crippen LogP contribution in [0.25, 0.3) is 0 Å². The molecule has 1 aromatic carbocycles. The maximum absolute atomic E-state index is 5.89. The van der Waals surface area contributed by atoms with Gasteiger partial charge in [0.1, 0.15) is 11.9 Å². The molecular formula is C14H20BrNO. The number of nitrogens with two attached hydrogens (primary N) is 1. The summed E-state index contributed by atoms with van der Waals surface area (Å²) in [6.07, 6.45) is 2.22. The van der Waals surface area contributed by atoms with Crippen molar-refractivity contribution in [3.8, 4) is 5.75 Å². The first-order chi connectivity index (χ1) is 7.86. The lowest BCUT2D eigenvalue weighted by atomic mass is 9.87. The summed E-state index contributed by atoms with van der Waals surface area (Å²) < 4.78 is 6.93. The Kier molecular flexibility index (Phi) is 3.50. The lowest BCUT2D eigenvalue weighted by Gasteiger charge is -2.33. The zero-order valence-electron chi connectivity index (χ0n) is 10.7. The van der Waals surface area contributed by atoms with Crippen molar-refractivity contribution < 1.29 is 4.74 Å². The molecule has 1 fully saturated rings. The van der Waals surface area contributed by atoms with E-state index in [1.807, 2.05) is 0 Å². The molecule has 3 heteroatoms. The van der Waals surface area contributed by atoms with E-state index in [1.165, 1.54) is 5.56 Å².